The molecule has 0 aromatic carbocycles. The molecule has 1 rings (SSSR count). The molecule has 6 heteroatoms. The Morgan fingerprint density at radius 2 is 2.29 bits per heavy atom. The molecule has 14 heavy (non-hydrogen) atoms. The van der Waals surface area contributed by atoms with Crippen molar-refractivity contribution in [3.63, 3.8) is 0 Å². The Hall–Kier alpha value is -0.730. The summed E-state index contributed by atoms with van der Waals surface area (Å²) in [4.78, 5) is 3.69. The minimum absolute atomic E-state index is 0.0544. The molecule has 0 radical (unpaired) electrons. The average Bonchev–Trinajstić information content (AvgIpc) is 2.11. The minimum atomic E-state index is -2.70. The molecule has 0 amide bonds. The summed E-state index contributed by atoms with van der Waals surface area (Å²) in [6.45, 7) is 0. The van der Waals surface area contributed by atoms with E-state index >= 15 is 0 Å². The van der Waals surface area contributed by atoms with Gasteiger partial charge in [-0.2, -0.15) is 5.26 Å². The largest absolute Gasteiger partial charge is 0.266 e. The Morgan fingerprint density at radius 1 is 1.64 bits per heavy atom. The third kappa shape index (κ3) is 2.20. The van der Waals surface area contributed by atoms with Crippen LogP contribution in [0, 0.1) is 11.3 Å². The number of hydrogen-bond acceptors (Lipinski definition) is 2. The second kappa shape index (κ2) is 4.67. The van der Waals surface area contributed by atoms with Crippen LogP contribution in [-0.4, -0.2) is 4.98 Å². The Labute approximate surface area is 92.6 Å². The van der Waals surface area contributed by atoms with Gasteiger partial charge in [-0.15, -0.1) is 0 Å². The van der Waals surface area contributed by atoms with Gasteiger partial charge in [0.2, 0.25) is 0 Å². The van der Waals surface area contributed by atoms with Crippen molar-refractivity contribution in [2.45, 2.75) is 12.8 Å². The zero-order chi connectivity index (χ0) is 10.7. The quantitative estimate of drug-likeness (QED) is 0.832. The van der Waals surface area contributed by atoms with Gasteiger partial charge in [-0.1, -0.05) is 11.6 Å². The first-order chi connectivity index (χ1) is 6.57. The third-order valence-corrected chi connectivity index (χ3v) is 2.92. The van der Waals surface area contributed by atoms with Crippen LogP contribution in [0.1, 0.15) is 17.7 Å². The maximum Gasteiger partial charge on any atom is 0.266 e. The van der Waals surface area contributed by atoms with E-state index in [-0.39, 0.29) is 27.2 Å². The van der Waals surface area contributed by atoms with Gasteiger partial charge >= 0.3 is 0 Å². The summed E-state index contributed by atoms with van der Waals surface area (Å²) in [5, 5.41) is 8.52. The Morgan fingerprint density at radius 3 is 2.79 bits per heavy atom. The number of alkyl halides is 2. The highest BCUT2D eigenvalue weighted by atomic mass is 79.9. The number of rotatable bonds is 2. The number of nitriles is 1. The topological polar surface area (TPSA) is 36.7 Å². The predicted molar refractivity (Wildman–Crippen MR) is 51.2 cm³/mol. The second-order valence-electron chi connectivity index (χ2n) is 2.42. The van der Waals surface area contributed by atoms with Crippen LogP contribution < -0.4 is 0 Å². The molecular formula is C8H4BrClF2N2. The van der Waals surface area contributed by atoms with Crippen molar-refractivity contribution in [2.75, 3.05) is 0 Å². The zero-order valence-corrected chi connectivity index (χ0v) is 9.11. The standard InChI is InChI=1S/C8H4BrClF2N2/c9-7-4(10)3-14-5(1-2-13)6(7)8(11)12/h3,8H,1H2. The molecule has 74 valence electrons. The molecule has 1 aromatic rings. The molecule has 0 unspecified atom stereocenters. The maximum absolute atomic E-state index is 12.6. The van der Waals surface area contributed by atoms with Crippen molar-refractivity contribution in [3.05, 3.63) is 26.9 Å². The fraction of sp³-hybridized carbons (Fsp3) is 0.250. The average molecular weight is 281 g/mol. The highest BCUT2D eigenvalue weighted by molar-refractivity contribution is 9.10. The van der Waals surface area contributed by atoms with Crippen LogP contribution in [0.15, 0.2) is 10.7 Å². The monoisotopic (exact) mass is 280 g/mol. The molecule has 0 aliphatic rings. The van der Waals surface area contributed by atoms with Crippen LogP contribution >= 0.6 is 27.5 Å². The van der Waals surface area contributed by atoms with Crippen LogP contribution in [0.3, 0.4) is 0 Å². The fourth-order valence-electron chi connectivity index (χ4n) is 0.954. The molecule has 0 saturated carbocycles. The van der Waals surface area contributed by atoms with Crippen molar-refractivity contribution in [1.82, 2.24) is 4.98 Å². The van der Waals surface area contributed by atoms with E-state index in [1.807, 2.05) is 0 Å². The summed E-state index contributed by atoms with van der Waals surface area (Å²) in [6.07, 6.45) is -1.61. The summed E-state index contributed by atoms with van der Waals surface area (Å²) in [5.41, 5.74) is -0.252. The zero-order valence-electron chi connectivity index (χ0n) is 6.77. The van der Waals surface area contributed by atoms with Crippen molar-refractivity contribution >= 4 is 27.5 Å². The lowest BCUT2D eigenvalue weighted by Gasteiger charge is -2.08. The Bertz CT molecular complexity index is 390. The highest BCUT2D eigenvalue weighted by Gasteiger charge is 2.19. The van der Waals surface area contributed by atoms with Gasteiger partial charge < -0.3 is 0 Å². The number of nitrogens with zero attached hydrogens (tertiary/aromatic N) is 2. The third-order valence-electron chi connectivity index (χ3n) is 1.56. The highest BCUT2D eigenvalue weighted by Crippen LogP contribution is 2.34. The van der Waals surface area contributed by atoms with E-state index in [2.05, 4.69) is 20.9 Å². The number of pyridine rings is 1. The van der Waals surface area contributed by atoms with Gasteiger partial charge in [0.25, 0.3) is 6.43 Å². The smallest absolute Gasteiger partial charge is 0.258 e. The lowest BCUT2D eigenvalue weighted by atomic mass is 10.1. The summed E-state index contributed by atoms with van der Waals surface area (Å²) >= 11 is 8.54. The van der Waals surface area contributed by atoms with Crippen LogP contribution in [0.2, 0.25) is 5.02 Å². The van der Waals surface area contributed by atoms with Gasteiger partial charge in [-0.25, -0.2) is 8.78 Å². The summed E-state index contributed by atoms with van der Waals surface area (Å²) in [6, 6.07) is 1.77. The Balaban J connectivity index is 3.31. The van der Waals surface area contributed by atoms with Gasteiger partial charge in [-0.3, -0.25) is 4.98 Å². The molecule has 0 bridgehead atoms. The molecule has 0 aliphatic carbocycles. The predicted octanol–water partition coefficient (Wildman–Crippen LogP) is 3.50. The van der Waals surface area contributed by atoms with Crippen LogP contribution in [-0.2, 0) is 6.42 Å². The molecule has 0 aliphatic heterocycles. The van der Waals surface area contributed by atoms with Gasteiger partial charge in [0.05, 0.1) is 28.8 Å². The van der Waals surface area contributed by atoms with Gasteiger partial charge in [0.15, 0.2) is 0 Å². The van der Waals surface area contributed by atoms with E-state index in [1.54, 1.807) is 6.07 Å². The normalized spacial score (nSPS) is 10.3. The van der Waals surface area contributed by atoms with Crippen molar-refractivity contribution in [1.29, 1.82) is 5.26 Å². The van der Waals surface area contributed by atoms with E-state index < -0.39 is 6.43 Å². The van der Waals surface area contributed by atoms with Gasteiger partial charge in [0, 0.05) is 10.7 Å². The Kier molecular flexibility index (Phi) is 3.78. The lowest BCUT2D eigenvalue weighted by molar-refractivity contribution is 0.149. The van der Waals surface area contributed by atoms with E-state index in [0.29, 0.717) is 0 Å². The summed E-state index contributed by atoms with van der Waals surface area (Å²) < 4.78 is 25.2. The van der Waals surface area contributed by atoms with Crippen molar-refractivity contribution < 1.29 is 8.78 Å². The molecule has 0 fully saturated rings. The molecular weight excluding hydrogens is 277 g/mol. The first-order valence-corrected chi connectivity index (χ1v) is 4.73. The summed E-state index contributed by atoms with van der Waals surface area (Å²) in [7, 11) is 0. The van der Waals surface area contributed by atoms with Crippen molar-refractivity contribution in [3.8, 4) is 6.07 Å². The van der Waals surface area contributed by atoms with Gasteiger partial charge in [-0.05, 0) is 15.9 Å². The molecule has 1 heterocycles. The van der Waals surface area contributed by atoms with Crippen LogP contribution in [0.25, 0.3) is 0 Å². The molecule has 0 saturated heterocycles. The lowest BCUT2D eigenvalue weighted by Crippen LogP contribution is -1.99. The van der Waals surface area contributed by atoms with Gasteiger partial charge in [0.1, 0.15) is 0 Å². The first kappa shape index (κ1) is 11.3. The van der Waals surface area contributed by atoms with Crippen LogP contribution in [0.4, 0.5) is 8.78 Å². The minimum Gasteiger partial charge on any atom is -0.258 e. The summed E-state index contributed by atoms with van der Waals surface area (Å²) in [5.74, 6) is 0. The fourth-order valence-corrected chi connectivity index (χ4v) is 1.61. The molecule has 0 N–H and O–H groups in total. The number of hydrogen-bond donors (Lipinski definition) is 0. The SMILES string of the molecule is N#CCc1ncc(Cl)c(Br)c1C(F)F. The van der Waals surface area contributed by atoms with Crippen molar-refractivity contribution in [2.24, 2.45) is 0 Å². The number of aromatic nitrogens is 1. The molecule has 2 nitrogen and oxygen atoms in total. The molecule has 0 spiro atoms. The van der Waals surface area contributed by atoms with Crippen LogP contribution in [0.5, 0.6) is 0 Å². The van der Waals surface area contributed by atoms with E-state index in [9.17, 15) is 8.78 Å². The second-order valence-corrected chi connectivity index (χ2v) is 3.62. The van der Waals surface area contributed by atoms with E-state index in [1.165, 1.54) is 6.20 Å². The molecule has 0 atom stereocenters. The maximum atomic E-state index is 12.6. The first-order valence-electron chi connectivity index (χ1n) is 3.55. The molecule has 1 aromatic heterocycles. The number of halogens is 4. The van der Waals surface area contributed by atoms with E-state index in [4.69, 9.17) is 16.9 Å². The van der Waals surface area contributed by atoms with E-state index in [0.717, 1.165) is 0 Å².